The molecule has 0 radical (unpaired) electrons. The van der Waals surface area contributed by atoms with E-state index in [1.807, 2.05) is 0 Å². The fourth-order valence-electron chi connectivity index (χ4n) is 6.74. The summed E-state index contributed by atoms with van der Waals surface area (Å²) in [5, 5.41) is 0. The van der Waals surface area contributed by atoms with Gasteiger partial charge in [0.1, 0.15) is 11.6 Å². The Balaban J connectivity index is 1.72. The zero-order valence-electron chi connectivity index (χ0n) is 13.5. The van der Waals surface area contributed by atoms with E-state index in [0.717, 1.165) is 32.1 Å². The summed E-state index contributed by atoms with van der Waals surface area (Å²) in [6.45, 7) is 4.63. The highest BCUT2D eigenvalue weighted by molar-refractivity contribution is 5.90. The molecule has 0 aliphatic heterocycles. The number of rotatable bonds is 0. The molecule has 2 heteroatoms. The third kappa shape index (κ3) is 1.71. The molecule has 4 aliphatic carbocycles. The summed E-state index contributed by atoms with van der Waals surface area (Å²) in [6, 6.07) is 0. The van der Waals surface area contributed by atoms with Gasteiger partial charge >= 0.3 is 0 Å². The van der Waals surface area contributed by atoms with E-state index in [0.29, 0.717) is 34.7 Å². The molecule has 21 heavy (non-hydrogen) atoms. The zero-order valence-corrected chi connectivity index (χ0v) is 13.5. The van der Waals surface area contributed by atoms with Gasteiger partial charge in [-0.2, -0.15) is 0 Å². The monoisotopic (exact) mass is 288 g/mol. The number of ketones is 2. The third-order valence-corrected chi connectivity index (χ3v) is 8.10. The van der Waals surface area contributed by atoms with Gasteiger partial charge in [-0.1, -0.05) is 26.7 Å². The van der Waals surface area contributed by atoms with Crippen molar-refractivity contribution < 1.29 is 9.59 Å². The van der Waals surface area contributed by atoms with Crippen LogP contribution in [0, 0.1) is 34.5 Å². The highest BCUT2D eigenvalue weighted by Crippen LogP contribution is 2.64. The summed E-state index contributed by atoms with van der Waals surface area (Å²) in [5.41, 5.74) is 0.207. The molecule has 4 aliphatic rings. The zero-order chi connectivity index (χ0) is 14.8. The minimum absolute atomic E-state index is 0.172. The van der Waals surface area contributed by atoms with E-state index in [9.17, 15) is 9.59 Å². The first-order valence-electron chi connectivity index (χ1n) is 9.03. The lowest BCUT2D eigenvalue weighted by Crippen LogP contribution is -2.56. The Labute approximate surface area is 128 Å². The summed E-state index contributed by atoms with van der Waals surface area (Å²) < 4.78 is 0. The smallest absolute Gasteiger partial charge is 0.139 e. The van der Waals surface area contributed by atoms with Gasteiger partial charge in [0.25, 0.3) is 0 Å². The van der Waals surface area contributed by atoms with Crippen molar-refractivity contribution in [3.8, 4) is 0 Å². The normalized spacial score (nSPS) is 53.0. The lowest BCUT2D eigenvalue weighted by atomic mass is 9.45. The van der Waals surface area contributed by atoms with Crippen LogP contribution >= 0.6 is 0 Å². The molecule has 0 aromatic heterocycles. The maximum Gasteiger partial charge on any atom is 0.139 e. The van der Waals surface area contributed by atoms with Crippen molar-refractivity contribution in [1.82, 2.24) is 0 Å². The fraction of sp³-hybridized carbons (Fsp3) is 0.895. The largest absolute Gasteiger partial charge is 0.299 e. The summed E-state index contributed by atoms with van der Waals surface area (Å²) >= 11 is 0. The number of carbonyl (C=O) groups excluding carboxylic acids is 2. The Morgan fingerprint density at radius 2 is 1.76 bits per heavy atom. The summed E-state index contributed by atoms with van der Waals surface area (Å²) in [6.07, 6.45) is 9.86. The van der Waals surface area contributed by atoms with Crippen molar-refractivity contribution in [3.05, 3.63) is 0 Å². The van der Waals surface area contributed by atoms with Crippen LogP contribution in [0.4, 0.5) is 0 Å². The molecule has 0 aromatic carbocycles. The number of Topliss-reactive ketones (excluding diaryl/α,β-unsaturated/α-hetero) is 2. The molecule has 4 saturated carbocycles. The topological polar surface area (TPSA) is 34.1 Å². The number of fused-ring (bicyclic) bond motifs is 5. The molecule has 116 valence electrons. The first-order valence-corrected chi connectivity index (χ1v) is 9.03. The van der Waals surface area contributed by atoms with Crippen molar-refractivity contribution in [1.29, 1.82) is 0 Å². The van der Waals surface area contributed by atoms with Gasteiger partial charge in [-0.3, -0.25) is 9.59 Å². The maximum atomic E-state index is 12.9. The van der Waals surface area contributed by atoms with Crippen molar-refractivity contribution in [2.45, 2.75) is 71.6 Å². The van der Waals surface area contributed by atoms with Crippen molar-refractivity contribution >= 4 is 11.6 Å². The average molecular weight is 288 g/mol. The highest BCUT2D eigenvalue weighted by Gasteiger charge is 2.62. The standard InChI is InChI=1S/C19H28O2/c1-18-9-4-3-5-12(18)11-15(20)17-13-6-7-16(21)19(13,2)10-8-14(17)18/h12-14,17H,3-11H2,1-2H3/t12?,13-,14-,17-,18-,19-/m0/s1. The molecule has 4 fully saturated rings. The predicted octanol–water partition coefficient (Wildman–Crippen LogP) is 4.17. The van der Waals surface area contributed by atoms with E-state index in [1.54, 1.807) is 0 Å². The van der Waals surface area contributed by atoms with Crippen molar-refractivity contribution in [2.24, 2.45) is 34.5 Å². The quantitative estimate of drug-likeness (QED) is 0.670. The minimum atomic E-state index is -0.172. The minimum Gasteiger partial charge on any atom is -0.299 e. The maximum absolute atomic E-state index is 12.9. The van der Waals surface area contributed by atoms with Crippen LogP contribution in [0.3, 0.4) is 0 Å². The van der Waals surface area contributed by atoms with E-state index < -0.39 is 0 Å². The Morgan fingerprint density at radius 1 is 0.952 bits per heavy atom. The summed E-state index contributed by atoms with van der Waals surface area (Å²) in [7, 11) is 0. The van der Waals surface area contributed by atoms with E-state index in [-0.39, 0.29) is 11.3 Å². The van der Waals surface area contributed by atoms with Gasteiger partial charge in [0.2, 0.25) is 0 Å². The van der Waals surface area contributed by atoms with Crippen LogP contribution in [0.5, 0.6) is 0 Å². The van der Waals surface area contributed by atoms with Gasteiger partial charge in [0, 0.05) is 24.2 Å². The second-order valence-corrected chi connectivity index (χ2v) is 8.78. The second kappa shape index (κ2) is 4.43. The Hall–Kier alpha value is -0.660. The Bertz CT molecular complexity index is 496. The van der Waals surface area contributed by atoms with Gasteiger partial charge in [0.15, 0.2) is 0 Å². The number of carbonyl (C=O) groups is 2. The molecule has 1 unspecified atom stereocenters. The molecule has 0 aromatic rings. The summed E-state index contributed by atoms with van der Waals surface area (Å²) in [5.74, 6) is 2.70. The highest BCUT2D eigenvalue weighted by atomic mass is 16.1. The Kier molecular flexibility index (Phi) is 2.94. The van der Waals surface area contributed by atoms with Gasteiger partial charge in [-0.25, -0.2) is 0 Å². The van der Waals surface area contributed by atoms with E-state index in [1.165, 1.54) is 25.7 Å². The van der Waals surface area contributed by atoms with Crippen molar-refractivity contribution in [3.63, 3.8) is 0 Å². The van der Waals surface area contributed by atoms with Crippen LogP contribution < -0.4 is 0 Å². The summed E-state index contributed by atoms with van der Waals surface area (Å²) in [4.78, 5) is 25.3. The van der Waals surface area contributed by atoms with Crippen LogP contribution in [-0.2, 0) is 9.59 Å². The van der Waals surface area contributed by atoms with E-state index in [4.69, 9.17) is 0 Å². The molecule has 0 spiro atoms. The van der Waals surface area contributed by atoms with Gasteiger partial charge in [-0.15, -0.1) is 0 Å². The first-order chi connectivity index (χ1) is 9.97. The molecule has 0 N–H and O–H groups in total. The van der Waals surface area contributed by atoms with Crippen LogP contribution in [-0.4, -0.2) is 11.6 Å². The van der Waals surface area contributed by atoms with Crippen LogP contribution in [0.2, 0.25) is 0 Å². The van der Waals surface area contributed by atoms with Crippen LogP contribution in [0.25, 0.3) is 0 Å². The average Bonchev–Trinajstić information content (AvgIpc) is 2.76. The van der Waals surface area contributed by atoms with Gasteiger partial charge in [-0.05, 0) is 55.3 Å². The lowest BCUT2D eigenvalue weighted by Gasteiger charge is -2.58. The number of hydrogen-bond acceptors (Lipinski definition) is 2. The first kappa shape index (κ1) is 14.0. The second-order valence-electron chi connectivity index (χ2n) is 8.78. The molecule has 0 bridgehead atoms. The lowest BCUT2D eigenvalue weighted by molar-refractivity contribution is -0.156. The van der Waals surface area contributed by atoms with Gasteiger partial charge < -0.3 is 0 Å². The molecule has 0 saturated heterocycles. The molecule has 0 amide bonds. The molecule has 2 nitrogen and oxygen atoms in total. The number of hydrogen-bond donors (Lipinski definition) is 0. The SMILES string of the molecule is C[C@]12CCCCC1CC(=O)[C@@H]1[C@@H]2CC[C@]2(C)C(=O)CC[C@@H]12. The molecule has 4 rings (SSSR count). The van der Waals surface area contributed by atoms with Crippen molar-refractivity contribution in [2.75, 3.05) is 0 Å². The van der Waals surface area contributed by atoms with Crippen LogP contribution in [0.15, 0.2) is 0 Å². The van der Waals surface area contributed by atoms with Gasteiger partial charge in [0.05, 0.1) is 0 Å². The third-order valence-electron chi connectivity index (χ3n) is 8.10. The molecular formula is C19H28O2. The molecule has 0 heterocycles. The molecular weight excluding hydrogens is 260 g/mol. The molecule has 6 atom stereocenters. The predicted molar refractivity (Wildman–Crippen MR) is 81.7 cm³/mol. The van der Waals surface area contributed by atoms with E-state index in [2.05, 4.69) is 13.8 Å². The Morgan fingerprint density at radius 3 is 2.57 bits per heavy atom. The van der Waals surface area contributed by atoms with Crippen LogP contribution in [0.1, 0.15) is 71.6 Å². The van der Waals surface area contributed by atoms with E-state index >= 15 is 0 Å². The fourth-order valence-corrected chi connectivity index (χ4v) is 6.74.